The van der Waals surface area contributed by atoms with Crippen LogP contribution in [0.4, 0.5) is 0 Å². The van der Waals surface area contributed by atoms with Gasteiger partial charge in [-0.2, -0.15) is 0 Å². The van der Waals surface area contributed by atoms with Crippen LogP contribution < -0.4 is 0 Å². The molecule has 0 atom stereocenters. The summed E-state index contributed by atoms with van der Waals surface area (Å²) in [6.45, 7) is 13.5. The Morgan fingerprint density at radius 1 is 0.710 bits per heavy atom. The van der Waals surface area contributed by atoms with Crippen molar-refractivity contribution in [3.05, 3.63) is 83.0 Å². The van der Waals surface area contributed by atoms with Crippen molar-refractivity contribution >= 4 is 27.3 Å². The summed E-state index contributed by atoms with van der Waals surface area (Å²) in [5, 5.41) is 3.81. The van der Waals surface area contributed by atoms with Crippen molar-refractivity contribution in [1.82, 2.24) is 9.38 Å². The van der Waals surface area contributed by atoms with E-state index in [1.807, 2.05) is 0 Å². The van der Waals surface area contributed by atoms with E-state index >= 15 is 0 Å². The van der Waals surface area contributed by atoms with E-state index < -0.39 is 0 Å². The summed E-state index contributed by atoms with van der Waals surface area (Å²) in [5.74, 6) is 0.874. The van der Waals surface area contributed by atoms with Crippen LogP contribution in [0.5, 0.6) is 0 Å². The molecular formula is C29H30N2. The van der Waals surface area contributed by atoms with E-state index in [-0.39, 0.29) is 0 Å². The number of benzene rings is 3. The fourth-order valence-corrected chi connectivity index (χ4v) is 5.13. The Kier molecular flexibility index (Phi) is 4.62. The molecule has 0 aliphatic rings. The Labute approximate surface area is 184 Å². The number of hydrogen-bond donors (Lipinski definition) is 0. The summed E-state index contributed by atoms with van der Waals surface area (Å²) in [7, 11) is 0. The van der Waals surface area contributed by atoms with Gasteiger partial charge in [-0.15, -0.1) is 0 Å². The maximum absolute atomic E-state index is 5.19. The lowest BCUT2D eigenvalue weighted by Gasteiger charge is -2.21. The number of para-hydroxylation sites is 1. The molecule has 2 heteroatoms. The first-order valence-corrected chi connectivity index (χ1v) is 11.3. The lowest BCUT2D eigenvalue weighted by molar-refractivity contribution is 0.835. The van der Waals surface area contributed by atoms with Crippen molar-refractivity contribution in [2.45, 2.75) is 53.4 Å². The van der Waals surface area contributed by atoms with E-state index in [4.69, 9.17) is 4.98 Å². The second-order valence-electron chi connectivity index (χ2n) is 9.34. The lowest BCUT2D eigenvalue weighted by Crippen LogP contribution is -2.03. The molecule has 0 radical (unpaired) electrons. The van der Waals surface area contributed by atoms with Gasteiger partial charge in [0.25, 0.3) is 0 Å². The third kappa shape index (κ3) is 2.89. The van der Waals surface area contributed by atoms with Crippen molar-refractivity contribution in [3.63, 3.8) is 0 Å². The summed E-state index contributed by atoms with van der Waals surface area (Å²) in [4.78, 5) is 5.19. The van der Waals surface area contributed by atoms with Crippen LogP contribution in [0, 0.1) is 13.8 Å². The van der Waals surface area contributed by atoms with Crippen molar-refractivity contribution in [3.8, 4) is 11.3 Å². The molecule has 0 bridgehead atoms. The van der Waals surface area contributed by atoms with Gasteiger partial charge in [0.15, 0.2) is 0 Å². The zero-order valence-electron chi connectivity index (χ0n) is 19.3. The molecule has 0 aliphatic heterocycles. The summed E-state index contributed by atoms with van der Waals surface area (Å²) < 4.78 is 2.42. The van der Waals surface area contributed by atoms with Gasteiger partial charge in [0.1, 0.15) is 5.65 Å². The molecule has 2 nitrogen and oxygen atoms in total. The van der Waals surface area contributed by atoms with E-state index in [0.29, 0.717) is 11.8 Å². The minimum Gasteiger partial charge on any atom is -0.291 e. The van der Waals surface area contributed by atoms with E-state index in [9.17, 15) is 0 Å². The van der Waals surface area contributed by atoms with Crippen LogP contribution in [-0.4, -0.2) is 9.38 Å². The normalized spacial score (nSPS) is 12.1. The van der Waals surface area contributed by atoms with Gasteiger partial charge in [0, 0.05) is 16.3 Å². The van der Waals surface area contributed by atoms with E-state index in [1.54, 1.807) is 0 Å². The standard InChI is InChI=1S/C29H30N2/c1-17(2)21-13-10-14-22(18(3)4)27(21)28-20(6)30-29-26-19(5)11-9-15-24(26)23-12-7-8-16-25(23)31(28)29/h7-18H,1-6H3. The first-order chi connectivity index (χ1) is 14.9. The molecule has 0 amide bonds. The molecule has 0 unspecified atom stereocenters. The molecule has 31 heavy (non-hydrogen) atoms. The Bertz CT molecular complexity index is 1420. The number of hydrogen-bond acceptors (Lipinski definition) is 1. The summed E-state index contributed by atoms with van der Waals surface area (Å²) >= 11 is 0. The maximum atomic E-state index is 5.19. The Morgan fingerprint density at radius 2 is 1.32 bits per heavy atom. The molecule has 0 saturated heterocycles. The fraction of sp³-hybridized carbons (Fsp3) is 0.276. The lowest BCUT2D eigenvalue weighted by atomic mass is 9.86. The monoisotopic (exact) mass is 406 g/mol. The highest BCUT2D eigenvalue weighted by Gasteiger charge is 2.23. The van der Waals surface area contributed by atoms with Crippen LogP contribution in [0.3, 0.4) is 0 Å². The topological polar surface area (TPSA) is 17.3 Å². The fourth-order valence-electron chi connectivity index (χ4n) is 5.13. The summed E-state index contributed by atoms with van der Waals surface area (Å²) in [6, 6.07) is 22.1. The predicted molar refractivity (Wildman–Crippen MR) is 133 cm³/mol. The van der Waals surface area contributed by atoms with E-state index in [1.165, 1.54) is 49.6 Å². The van der Waals surface area contributed by atoms with Gasteiger partial charge in [0.2, 0.25) is 0 Å². The number of rotatable bonds is 3. The molecule has 3 aromatic carbocycles. The first kappa shape index (κ1) is 19.8. The smallest absolute Gasteiger partial charge is 0.146 e. The van der Waals surface area contributed by atoms with Gasteiger partial charge in [0.05, 0.1) is 16.9 Å². The van der Waals surface area contributed by atoms with Gasteiger partial charge in [-0.05, 0) is 53.8 Å². The molecule has 0 fully saturated rings. The quantitative estimate of drug-likeness (QED) is 0.276. The summed E-state index contributed by atoms with van der Waals surface area (Å²) in [6.07, 6.45) is 0. The van der Waals surface area contributed by atoms with Crippen LogP contribution >= 0.6 is 0 Å². The van der Waals surface area contributed by atoms with Crippen molar-refractivity contribution in [2.24, 2.45) is 0 Å². The van der Waals surface area contributed by atoms with Crippen LogP contribution in [0.15, 0.2) is 60.7 Å². The SMILES string of the molecule is Cc1nc2c3c(C)cccc3c3ccccc3n2c1-c1c(C(C)C)cccc1C(C)C. The van der Waals surface area contributed by atoms with Crippen LogP contribution in [-0.2, 0) is 0 Å². The number of aryl methyl sites for hydroxylation is 2. The van der Waals surface area contributed by atoms with Crippen molar-refractivity contribution in [2.75, 3.05) is 0 Å². The molecule has 0 N–H and O–H groups in total. The molecule has 0 aliphatic carbocycles. The number of fused-ring (bicyclic) bond motifs is 6. The molecule has 0 saturated carbocycles. The minimum atomic E-state index is 0.437. The average molecular weight is 407 g/mol. The second-order valence-corrected chi connectivity index (χ2v) is 9.34. The number of pyridine rings is 1. The largest absolute Gasteiger partial charge is 0.291 e. The van der Waals surface area contributed by atoms with Crippen LogP contribution in [0.25, 0.3) is 38.6 Å². The van der Waals surface area contributed by atoms with E-state index in [0.717, 1.165) is 11.3 Å². The molecule has 156 valence electrons. The highest BCUT2D eigenvalue weighted by atomic mass is 15.0. The average Bonchev–Trinajstić information content (AvgIpc) is 3.09. The van der Waals surface area contributed by atoms with Gasteiger partial charge in [-0.3, -0.25) is 4.40 Å². The second kappa shape index (κ2) is 7.23. The highest BCUT2D eigenvalue weighted by Crippen LogP contribution is 2.41. The van der Waals surface area contributed by atoms with Crippen molar-refractivity contribution < 1.29 is 0 Å². The first-order valence-electron chi connectivity index (χ1n) is 11.3. The van der Waals surface area contributed by atoms with Gasteiger partial charge < -0.3 is 0 Å². The number of imidazole rings is 1. The Morgan fingerprint density at radius 3 is 2.00 bits per heavy atom. The third-order valence-electron chi connectivity index (χ3n) is 6.59. The van der Waals surface area contributed by atoms with Crippen LogP contribution in [0.1, 0.15) is 61.9 Å². The van der Waals surface area contributed by atoms with E-state index in [2.05, 4.69) is 107 Å². The highest BCUT2D eigenvalue weighted by molar-refractivity contribution is 6.13. The molecule has 2 heterocycles. The van der Waals surface area contributed by atoms with Gasteiger partial charge >= 0.3 is 0 Å². The summed E-state index contributed by atoms with van der Waals surface area (Å²) in [5.41, 5.74) is 10.0. The Hall–Kier alpha value is -3.13. The molecule has 5 aromatic rings. The van der Waals surface area contributed by atoms with Gasteiger partial charge in [-0.1, -0.05) is 82.3 Å². The zero-order valence-corrected chi connectivity index (χ0v) is 19.3. The maximum Gasteiger partial charge on any atom is 0.146 e. The molecule has 0 spiro atoms. The predicted octanol–water partition coefficient (Wildman–Crippen LogP) is 8.17. The third-order valence-corrected chi connectivity index (χ3v) is 6.59. The molecule has 2 aromatic heterocycles. The zero-order chi connectivity index (χ0) is 21.9. The van der Waals surface area contributed by atoms with Gasteiger partial charge in [-0.25, -0.2) is 4.98 Å². The Balaban J connectivity index is 2.07. The molecule has 5 rings (SSSR count). The number of nitrogens with zero attached hydrogens (tertiary/aromatic N) is 2. The number of aromatic nitrogens is 2. The van der Waals surface area contributed by atoms with Crippen molar-refractivity contribution in [1.29, 1.82) is 0 Å². The molecular weight excluding hydrogens is 376 g/mol. The van der Waals surface area contributed by atoms with Crippen LogP contribution in [0.2, 0.25) is 0 Å². The minimum absolute atomic E-state index is 0.437.